The van der Waals surface area contributed by atoms with E-state index in [0.717, 1.165) is 12.0 Å². The summed E-state index contributed by atoms with van der Waals surface area (Å²) >= 11 is 0. The molecule has 0 fully saturated rings. The third-order valence-corrected chi connectivity index (χ3v) is 3.03. The molecular weight excluding hydrogens is 282 g/mol. The highest BCUT2D eigenvalue weighted by atomic mass is 35.5. The maximum Gasteiger partial charge on any atom is 0.338 e. The Hall–Kier alpha value is -1.46. The lowest BCUT2D eigenvalue weighted by Crippen LogP contribution is -2.23. The minimum absolute atomic E-state index is 0. The van der Waals surface area contributed by atoms with Gasteiger partial charge < -0.3 is 19.9 Å². The molecule has 0 amide bonds. The maximum absolute atomic E-state index is 11.9. The summed E-state index contributed by atoms with van der Waals surface area (Å²) < 4.78 is 15.3. The fourth-order valence-corrected chi connectivity index (χ4v) is 1.83. The number of halogens is 1. The van der Waals surface area contributed by atoms with Crippen molar-refractivity contribution in [2.24, 2.45) is 5.73 Å². The smallest absolute Gasteiger partial charge is 0.338 e. The first kappa shape index (κ1) is 18.5. The van der Waals surface area contributed by atoms with Gasteiger partial charge in [-0.1, -0.05) is 6.92 Å². The molecule has 2 N–H and O–H groups in total. The number of methoxy groups -OCH3 is 3. The summed E-state index contributed by atoms with van der Waals surface area (Å²) in [5, 5.41) is 0. The zero-order valence-electron chi connectivity index (χ0n) is 12.3. The van der Waals surface area contributed by atoms with Gasteiger partial charge in [-0.05, 0) is 18.9 Å². The van der Waals surface area contributed by atoms with Gasteiger partial charge in [-0.15, -0.1) is 12.4 Å². The van der Waals surface area contributed by atoms with E-state index in [9.17, 15) is 4.79 Å². The van der Waals surface area contributed by atoms with Crippen LogP contribution in [0.3, 0.4) is 0 Å². The average Bonchev–Trinajstić information content (AvgIpc) is 2.46. The number of hydrogen-bond acceptors (Lipinski definition) is 5. The summed E-state index contributed by atoms with van der Waals surface area (Å²) in [6, 6.07) is 3.35. The van der Waals surface area contributed by atoms with E-state index in [1.54, 1.807) is 19.2 Å². The Morgan fingerprint density at radius 2 is 1.90 bits per heavy atom. The summed E-state index contributed by atoms with van der Waals surface area (Å²) in [7, 11) is 4.43. The zero-order chi connectivity index (χ0) is 14.4. The highest BCUT2D eigenvalue weighted by Crippen LogP contribution is 2.30. The molecule has 0 spiro atoms. The predicted molar refractivity (Wildman–Crippen MR) is 80.1 cm³/mol. The number of carbonyl (C=O) groups excluding carboxylic acids is 1. The van der Waals surface area contributed by atoms with Crippen LogP contribution in [-0.4, -0.2) is 33.3 Å². The zero-order valence-corrected chi connectivity index (χ0v) is 13.1. The van der Waals surface area contributed by atoms with Gasteiger partial charge in [0.1, 0.15) is 11.5 Å². The topological polar surface area (TPSA) is 70.8 Å². The number of benzene rings is 1. The minimum atomic E-state index is -0.421. The van der Waals surface area contributed by atoms with Gasteiger partial charge >= 0.3 is 5.97 Å². The van der Waals surface area contributed by atoms with Gasteiger partial charge in [-0.3, -0.25) is 0 Å². The van der Waals surface area contributed by atoms with Gasteiger partial charge in [0.15, 0.2) is 0 Å². The molecule has 0 aliphatic heterocycles. The van der Waals surface area contributed by atoms with E-state index in [0.29, 0.717) is 23.5 Å². The van der Waals surface area contributed by atoms with E-state index >= 15 is 0 Å². The lowest BCUT2D eigenvalue weighted by atomic mass is 9.97. The van der Waals surface area contributed by atoms with Crippen molar-refractivity contribution in [3.05, 3.63) is 23.3 Å². The normalized spacial score (nSPS) is 11.2. The monoisotopic (exact) mass is 303 g/mol. The summed E-state index contributed by atoms with van der Waals surface area (Å²) in [5.74, 6) is 0.713. The maximum atomic E-state index is 11.9. The molecule has 0 saturated carbocycles. The Morgan fingerprint density at radius 3 is 2.35 bits per heavy atom. The van der Waals surface area contributed by atoms with Crippen LogP contribution in [0.4, 0.5) is 0 Å². The molecule has 20 heavy (non-hydrogen) atoms. The largest absolute Gasteiger partial charge is 0.497 e. The number of rotatable bonds is 6. The molecule has 0 aliphatic rings. The van der Waals surface area contributed by atoms with E-state index in [-0.39, 0.29) is 18.4 Å². The number of hydrogen-bond donors (Lipinski definition) is 1. The molecule has 0 aliphatic carbocycles. The lowest BCUT2D eigenvalue weighted by Gasteiger charge is -2.17. The van der Waals surface area contributed by atoms with Crippen molar-refractivity contribution in [2.45, 2.75) is 25.8 Å². The van der Waals surface area contributed by atoms with Crippen LogP contribution < -0.4 is 15.2 Å². The average molecular weight is 304 g/mol. The highest BCUT2D eigenvalue weighted by Gasteiger charge is 2.20. The molecule has 0 heterocycles. The van der Waals surface area contributed by atoms with E-state index in [1.807, 2.05) is 6.92 Å². The summed E-state index contributed by atoms with van der Waals surface area (Å²) in [6.07, 6.45) is 1.36. The van der Waals surface area contributed by atoms with Crippen LogP contribution in [0.15, 0.2) is 12.1 Å². The number of carbonyl (C=O) groups is 1. The first-order chi connectivity index (χ1) is 9.07. The van der Waals surface area contributed by atoms with Gasteiger partial charge in [0.05, 0.1) is 26.9 Å². The van der Waals surface area contributed by atoms with Gasteiger partial charge in [0, 0.05) is 17.7 Å². The highest BCUT2D eigenvalue weighted by molar-refractivity contribution is 5.92. The van der Waals surface area contributed by atoms with Crippen LogP contribution in [-0.2, 0) is 11.2 Å². The van der Waals surface area contributed by atoms with E-state index < -0.39 is 5.97 Å². The minimum Gasteiger partial charge on any atom is -0.497 e. The second-order valence-corrected chi connectivity index (χ2v) is 4.22. The van der Waals surface area contributed by atoms with Crippen molar-refractivity contribution < 1.29 is 19.0 Å². The van der Waals surface area contributed by atoms with E-state index in [2.05, 4.69) is 0 Å². The Labute approximate surface area is 125 Å². The van der Waals surface area contributed by atoms with Crippen LogP contribution in [0.1, 0.15) is 29.3 Å². The first-order valence-corrected chi connectivity index (χ1v) is 6.16. The summed E-state index contributed by atoms with van der Waals surface area (Å²) in [6.45, 7) is 2.00. The molecule has 1 aromatic rings. The molecular formula is C14H22ClNO4. The van der Waals surface area contributed by atoms with Crippen LogP contribution >= 0.6 is 12.4 Å². The third kappa shape index (κ3) is 4.28. The van der Waals surface area contributed by atoms with Crippen LogP contribution in [0.25, 0.3) is 0 Å². The first-order valence-electron chi connectivity index (χ1n) is 6.16. The number of ether oxygens (including phenoxy) is 3. The molecule has 1 rings (SSSR count). The second-order valence-electron chi connectivity index (χ2n) is 4.22. The molecule has 6 heteroatoms. The Bertz CT molecular complexity index is 451. The van der Waals surface area contributed by atoms with Crippen molar-refractivity contribution in [2.75, 3.05) is 21.3 Å². The van der Waals surface area contributed by atoms with Gasteiger partial charge in [0.2, 0.25) is 0 Å². The molecule has 114 valence electrons. The van der Waals surface area contributed by atoms with Gasteiger partial charge in [0.25, 0.3) is 0 Å². The Morgan fingerprint density at radius 1 is 1.25 bits per heavy atom. The molecule has 1 unspecified atom stereocenters. The molecule has 1 atom stereocenters. The van der Waals surface area contributed by atoms with E-state index in [1.165, 1.54) is 14.2 Å². The van der Waals surface area contributed by atoms with Gasteiger partial charge in [-0.25, -0.2) is 4.79 Å². The van der Waals surface area contributed by atoms with Crippen molar-refractivity contribution in [3.63, 3.8) is 0 Å². The Kier molecular flexibility index (Phi) is 8.03. The SMILES string of the molecule is CCC(N)Cc1c(OC)cc(OC)cc1C(=O)OC.Cl. The fraction of sp³-hybridized carbons (Fsp3) is 0.500. The summed E-state index contributed by atoms with van der Waals surface area (Å²) in [5.41, 5.74) is 7.16. The van der Waals surface area contributed by atoms with Crippen molar-refractivity contribution >= 4 is 18.4 Å². The Balaban J connectivity index is 0.00000361. The number of esters is 1. The quantitative estimate of drug-likeness (QED) is 0.816. The molecule has 1 aromatic carbocycles. The number of nitrogens with two attached hydrogens (primary N) is 1. The van der Waals surface area contributed by atoms with Gasteiger partial charge in [-0.2, -0.15) is 0 Å². The summed E-state index contributed by atoms with van der Waals surface area (Å²) in [4.78, 5) is 11.9. The van der Waals surface area contributed by atoms with E-state index in [4.69, 9.17) is 19.9 Å². The fourth-order valence-electron chi connectivity index (χ4n) is 1.83. The van der Waals surface area contributed by atoms with Crippen molar-refractivity contribution in [1.82, 2.24) is 0 Å². The van der Waals surface area contributed by atoms with Crippen molar-refractivity contribution in [1.29, 1.82) is 0 Å². The lowest BCUT2D eigenvalue weighted by molar-refractivity contribution is 0.0598. The molecule has 0 saturated heterocycles. The van der Waals surface area contributed by atoms with Crippen molar-refractivity contribution in [3.8, 4) is 11.5 Å². The second kappa shape index (κ2) is 8.66. The molecule has 5 nitrogen and oxygen atoms in total. The van der Waals surface area contributed by atoms with Crippen LogP contribution in [0, 0.1) is 0 Å². The molecule has 0 radical (unpaired) electrons. The van der Waals surface area contributed by atoms with Crippen LogP contribution in [0.5, 0.6) is 11.5 Å². The molecule has 0 bridgehead atoms. The van der Waals surface area contributed by atoms with Crippen LogP contribution in [0.2, 0.25) is 0 Å². The standard InChI is InChI=1S/C14H21NO4.ClH/c1-5-9(15)6-11-12(14(16)19-4)7-10(17-2)8-13(11)18-3;/h7-9H,5-6,15H2,1-4H3;1H. The predicted octanol–water partition coefficient (Wildman–Crippen LogP) is 2.19. The molecule has 0 aromatic heterocycles. The third-order valence-electron chi connectivity index (χ3n) is 3.03.